The molecule has 0 spiro atoms. The summed E-state index contributed by atoms with van der Waals surface area (Å²) < 4.78 is 30.8. The fourth-order valence-corrected chi connectivity index (χ4v) is 3.76. The van der Waals surface area contributed by atoms with Crippen molar-refractivity contribution in [1.29, 1.82) is 0 Å². The molecule has 1 aromatic carbocycles. The summed E-state index contributed by atoms with van der Waals surface area (Å²) in [6.07, 6.45) is 1.29. The minimum atomic E-state index is -3.44. The number of para-hydroxylation sites is 1. The molecule has 140 valence electrons. The third kappa shape index (κ3) is 6.30. The molecule has 0 aliphatic carbocycles. The zero-order valence-corrected chi connectivity index (χ0v) is 15.7. The van der Waals surface area contributed by atoms with Crippen molar-refractivity contribution in [3.8, 4) is 0 Å². The number of morpholine rings is 1. The van der Waals surface area contributed by atoms with Gasteiger partial charge in [-0.25, -0.2) is 8.42 Å². The molecule has 1 saturated heterocycles. The molecule has 1 heterocycles. The number of nitrogens with one attached hydrogen (secondary N) is 1. The zero-order chi connectivity index (χ0) is 18.3. The molecule has 0 radical (unpaired) electrons. The summed E-state index contributed by atoms with van der Waals surface area (Å²) in [7, 11) is -3.44. The summed E-state index contributed by atoms with van der Waals surface area (Å²) >= 11 is 0. The molecule has 7 nitrogen and oxygen atoms in total. The summed E-state index contributed by atoms with van der Waals surface area (Å²) in [5.41, 5.74) is 1.48. The van der Waals surface area contributed by atoms with Crippen LogP contribution in [0.1, 0.15) is 12.0 Å². The summed E-state index contributed by atoms with van der Waals surface area (Å²) in [4.78, 5) is 14.3. The van der Waals surface area contributed by atoms with Crippen LogP contribution in [0.5, 0.6) is 0 Å². The lowest BCUT2D eigenvalue weighted by Crippen LogP contribution is -2.42. The highest BCUT2D eigenvalue weighted by atomic mass is 32.2. The summed E-state index contributed by atoms with van der Waals surface area (Å²) in [6, 6.07) is 7.27. The largest absolute Gasteiger partial charge is 0.379 e. The van der Waals surface area contributed by atoms with Gasteiger partial charge in [0.15, 0.2) is 0 Å². The molecular formula is C17H27N3O4S. The summed E-state index contributed by atoms with van der Waals surface area (Å²) in [5.74, 6) is -0.143. The van der Waals surface area contributed by atoms with Crippen molar-refractivity contribution in [2.45, 2.75) is 13.3 Å². The van der Waals surface area contributed by atoms with E-state index in [1.165, 1.54) is 4.31 Å². The van der Waals surface area contributed by atoms with Crippen molar-refractivity contribution in [3.05, 3.63) is 29.8 Å². The maximum absolute atomic E-state index is 12.1. The fraction of sp³-hybridized carbons (Fsp3) is 0.588. The quantitative estimate of drug-likeness (QED) is 0.726. The Labute approximate surface area is 150 Å². The van der Waals surface area contributed by atoms with Crippen LogP contribution in [0, 0.1) is 6.92 Å². The molecule has 1 N–H and O–H groups in total. The Kier molecular flexibility index (Phi) is 7.22. The molecule has 1 amide bonds. The van der Waals surface area contributed by atoms with Crippen LogP contribution < -0.4 is 9.62 Å². The maximum atomic E-state index is 12.1. The number of benzene rings is 1. The Morgan fingerprint density at radius 2 is 1.96 bits per heavy atom. The van der Waals surface area contributed by atoms with E-state index in [0.29, 0.717) is 12.2 Å². The van der Waals surface area contributed by atoms with Crippen LogP contribution in [-0.4, -0.2) is 71.4 Å². The van der Waals surface area contributed by atoms with Crippen LogP contribution in [0.2, 0.25) is 0 Å². The number of nitrogens with zero attached hydrogens (tertiary/aromatic N) is 2. The van der Waals surface area contributed by atoms with Gasteiger partial charge in [-0.2, -0.15) is 0 Å². The second-order valence-electron chi connectivity index (χ2n) is 6.18. The monoisotopic (exact) mass is 369 g/mol. The summed E-state index contributed by atoms with van der Waals surface area (Å²) in [5, 5.41) is 2.86. The Balaban J connectivity index is 1.83. The molecule has 0 bridgehead atoms. The normalized spacial score (nSPS) is 15.8. The highest BCUT2D eigenvalue weighted by molar-refractivity contribution is 7.92. The van der Waals surface area contributed by atoms with E-state index in [2.05, 4.69) is 10.2 Å². The van der Waals surface area contributed by atoms with E-state index in [-0.39, 0.29) is 18.9 Å². The van der Waals surface area contributed by atoms with Crippen molar-refractivity contribution < 1.29 is 17.9 Å². The summed E-state index contributed by atoms with van der Waals surface area (Å²) in [6.45, 7) is 6.55. The highest BCUT2D eigenvalue weighted by Gasteiger charge is 2.20. The van der Waals surface area contributed by atoms with Gasteiger partial charge in [0.25, 0.3) is 0 Å². The third-order valence-electron chi connectivity index (χ3n) is 4.18. The fourth-order valence-electron chi connectivity index (χ4n) is 2.78. The van der Waals surface area contributed by atoms with Gasteiger partial charge >= 0.3 is 0 Å². The molecular weight excluding hydrogens is 342 g/mol. The predicted molar refractivity (Wildman–Crippen MR) is 98.3 cm³/mol. The van der Waals surface area contributed by atoms with E-state index in [9.17, 15) is 13.2 Å². The van der Waals surface area contributed by atoms with E-state index < -0.39 is 10.0 Å². The lowest BCUT2D eigenvalue weighted by Gasteiger charge is -2.26. The Hall–Kier alpha value is -1.64. The molecule has 1 fully saturated rings. The van der Waals surface area contributed by atoms with Gasteiger partial charge in [-0.1, -0.05) is 18.2 Å². The van der Waals surface area contributed by atoms with Crippen molar-refractivity contribution >= 4 is 21.6 Å². The molecule has 0 aromatic heterocycles. The minimum Gasteiger partial charge on any atom is -0.379 e. The van der Waals surface area contributed by atoms with Crippen LogP contribution in [0.3, 0.4) is 0 Å². The van der Waals surface area contributed by atoms with Gasteiger partial charge in [-0.05, 0) is 18.6 Å². The number of sulfonamides is 1. The second-order valence-corrected chi connectivity index (χ2v) is 8.08. The van der Waals surface area contributed by atoms with Gasteiger partial charge in [-0.15, -0.1) is 0 Å². The van der Waals surface area contributed by atoms with Crippen molar-refractivity contribution in [1.82, 2.24) is 10.2 Å². The number of hydrogen-bond acceptors (Lipinski definition) is 5. The Bertz CT molecular complexity index is 672. The Morgan fingerprint density at radius 3 is 2.60 bits per heavy atom. The van der Waals surface area contributed by atoms with E-state index >= 15 is 0 Å². The number of anilines is 1. The molecule has 0 atom stereocenters. The number of carbonyl (C=O) groups is 1. The predicted octanol–water partition coefficient (Wildman–Crippen LogP) is 0.600. The molecule has 1 aromatic rings. The standard InChI is InChI=1S/C17H27N3O4S/c1-15-5-3-4-6-16(15)20(25(2,22)23)9-7-17(21)18-8-10-19-11-13-24-14-12-19/h3-6H,7-14H2,1-2H3,(H,18,21). The van der Waals surface area contributed by atoms with Crippen LogP contribution in [0.25, 0.3) is 0 Å². The lowest BCUT2D eigenvalue weighted by molar-refractivity contribution is -0.120. The van der Waals surface area contributed by atoms with Crippen molar-refractivity contribution in [2.24, 2.45) is 0 Å². The maximum Gasteiger partial charge on any atom is 0.232 e. The molecule has 0 saturated carbocycles. The van der Waals surface area contributed by atoms with Crippen LogP contribution in [0.4, 0.5) is 5.69 Å². The average Bonchev–Trinajstić information content (AvgIpc) is 2.56. The molecule has 1 aliphatic heterocycles. The smallest absolute Gasteiger partial charge is 0.232 e. The molecule has 25 heavy (non-hydrogen) atoms. The van der Waals surface area contributed by atoms with Gasteiger partial charge < -0.3 is 10.1 Å². The van der Waals surface area contributed by atoms with Gasteiger partial charge in [-0.3, -0.25) is 14.0 Å². The third-order valence-corrected chi connectivity index (χ3v) is 5.36. The van der Waals surface area contributed by atoms with E-state index in [0.717, 1.165) is 44.7 Å². The number of amides is 1. The number of aryl methyl sites for hydroxylation is 1. The van der Waals surface area contributed by atoms with Gasteiger partial charge in [0, 0.05) is 39.1 Å². The Morgan fingerprint density at radius 1 is 1.28 bits per heavy atom. The topological polar surface area (TPSA) is 79.0 Å². The van der Waals surface area contributed by atoms with E-state index in [1.807, 2.05) is 19.1 Å². The lowest BCUT2D eigenvalue weighted by atomic mass is 10.2. The van der Waals surface area contributed by atoms with Gasteiger partial charge in [0.1, 0.15) is 0 Å². The van der Waals surface area contributed by atoms with Crippen molar-refractivity contribution in [2.75, 3.05) is 56.5 Å². The van der Waals surface area contributed by atoms with Crippen LogP contribution >= 0.6 is 0 Å². The van der Waals surface area contributed by atoms with Crippen molar-refractivity contribution in [3.63, 3.8) is 0 Å². The van der Waals surface area contributed by atoms with E-state index in [1.54, 1.807) is 12.1 Å². The molecule has 1 aliphatic rings. The first-order chi connectivity index (χ1) is 11.9. The van der Waals surface area contributed by atoms with Crippen LogP contribution in [0.15, 0.2) is 24.3 Å². The van der Waals surface area contributed by atoms with Gasteiger partial charge in [0.2, 0.25) is 15.9 Å². The zero-order valence-electron chi connectivity index (χ0n) is 14.9. The second kappa shape index (κ2) is 9.17. The average molecular weight is 369 g/mol. The number of rotatable bonds is 8. The van der Waals surface area contributed by atoms with Gasteiger partial charge in [0.05, 0.1) is 25.2 Å². The molecule has 0 unspecified atom stereocenters. The molecule has 2 rings (SSSR count). The minimum absolute atomic E-state index is 0.129. The highest BCUT2D eigenvalue weighted by Crippen LogP contribution is 2.22. The first kappa shape index (κ1) is 19.7. The number of hydrogen-bond donors (Lipinski definition) is 1. The van der Waals surface area contributed by atoms with E-state index in [4.69, 9.17) is 4.74 Å². The first-order valence-electron chi connectivity index (χ1n) is 8.48. The SMILES string of the molecule is Cc1ccccc1N(CCC(=O)NCCN1CCOCC1)S(C)(=O)=O. The number of ether oxygens (including phenoxy) is 1. The van der Waals surface area contributed by atoms with Crippen LogP contribution in [-0.2, 0) is 19.6 Å². The first-order valence-corrected chi connectivity index (χ1v) is 10.3. The number of carbonyl (C=O) groups excluding carboxylic acids is 1. The molecule has 8 heteroatoms.